The van der Waals surface area contributed by atoms with Gasteiger partial charge in [-0.2, -0.15) is 0 Å². The van der Waals surface area contributed by atoms with Crippen molar-refractivity contribution in [2.45, 2.75) is 5.03 Å². The zero-order chi connectivity index (χ0) is 7.84. The van der Waals surface area contributed by atoms with Crippen molar-refractivity contribution in [3.63, 3.8) is 0 Å². The molecule has 4 nitrogen and oxygen atoms in total. The Balaban J connectivity index is 3.02. The van der Waals surface area contributed by atoms with Gasteiger partial charge in [0.2, 0.25) is 0 Å². The number of hydrogen-bond donors (Lipinski definition) is 2. The minimum Gasteiger partial charge on any atom is -0.297 e. The number of nitrogens with one attached hydrogen (secondary N) is 1. The first-order valence-corrected chi connectivity index (χ1v) is 3.48. The van der Waals surface area contributed by atoms with Crippen LogP contribution in [0.15, 0.2) is 28.2 Å². The maximum absolute atomic E-state index is 11.1. The van der Waals surface area contributed by atoms with Crippen LogP contribution in [0.3, 0.4) is 0 Å². The summed E-state index contributed by atoms with van der Waals surface area (Å²) >= 11 is 3.97. The van der Waals surface area contributed by atoms with Gasteiger partial charge in [0.05, 0.1) is 0 Å². The number of thiol groups is 1. The van der Waals surface area contributed by atoms with Crippen LogP contribution in [-0.2, 0) is 0 Å². The predicted molar refractivity (Wildman–Crippen MR) is 43.1 cm³/mol. The Hall–Kier alpha value is -1.23. The molecule has 5 heteroatoms. The van der Waals surface area contributed by atoms with Crippen LogP contribution in [0.2, 0.25) is 0 Å². The van der Waals surface area contributed by atoms with Gasteiger partial charge in [0.1, 0.15) is 5.03 Å². The van der Waals surface area contributed by atoms with Gasteiger partial charge >= 0.3 is 0 Å². The second-order valence-electron chi connectivity index (χ2n) is 2.11. The lowest BCUT2D eigenvalue weighted by atomic mass is 10.6. The molecule has 2 aromatic heterocycles. The second-order valence-corrected chi connectivity index (χ2v) is 2.57. The fourth-order valence-corrected chi connectivity index (χ4v) is 1.13. The van der Waals surface area contributed by atoms with E-state index in [9.17, 15) is 4.79 Å². The van der Waals surface area contributed by atoms with Crippen molar-refractivity contribution >= 4 is 18.3 Å². The second kappa shape index (κ2) is 2.13. The van der Waals surface area contributed by atoms with E-state index >= 15 is 0 Å². The molecule has 0 aliphatic rings. The number of fused-ring (bicyclic) bond motifs is 1. The van der Waals surface area contributed by atoms with Crippen molar-refractivity contribution in [1.82, 2.24) is 14.6 Å². The molecule has 0 atom stereocenters. The van der Waals surface area contributed by atoms with Crippen LogP contribution in [0.25, 0.3) is 5.65 Å². The van der Waals surface area contributed by atoms with E-state index in [2.05, 4.69) is 22.7 Å². The van der Waals surface area contributed by atoms with Crippen molar-refractivity contribution in [3.05, 3.63) is 28.7 Å². The summed E-state index contributed by atoms with van der Waals surface area (Å²) in [6.07, 6.45) is 1.65. The quantitative estimate of drug-likeness (QED) is 0.438. The summed E-state index contributed by atoms with van der Waals surface area (Å²) in [7, 11) is 0. The van der Waals surface area contributed by atoms with Crippen LogP contribution in [0, 0.1) is 0 Å². The van der Waals surface area contributed by atoms with Crippen molar-refractivity contribution in [3.8, 4) is 0 Å². The predicted octanol–water partition coefficient (Wildman–Crippen LogP) is 0.311. The van der Waals surface area contributed by atoms with E-state index in [0.717, 1.165) is 0 Å². The minimum absolute atomic E-state index is 0.148. The molecule has 0 fully saturated rings. The van der Waals surface area contributed by atoms with Gasteiger partial charge in [-0.15, -0.1) is 12.6 Å². The van der Waals surface area contributed by atoms with Crippen LogP contribution in [0.4, 0.5) is 0 Å². The summed E-state index contributed by atoms with van der Waals surface area (Å²) in [4.78, 5) is 15.1. The minimum atomic E-state index is -0.148. The molecule has 2 heterocycles. The van der Waals surface area contributed by atoms with E-state index in [1.54, 1.807) is 12.3 Å². The Morgan fingerprint density at radius 3 is 3.27 bits per heavy atom. The zero-order valence-electron chi connectivity index (χ0n) is 5.48. The van der Waals surface area contributed by atoms with Crippen molar-refractivity contribution < 1.29 is 0 Å². The maximum atomic E-state index is 11.1. The standard InChI is InChI=1S/C6H5N3OS/c10-6-3-5(11)8-4-1-2-7-9(4)6/h1-3,7,11H. The number of H-pyrrole nitrogens is 1. The number of aromatic amines is 1. The Bertz CT molecular complexity index is 444. The normalized spacial score (nSPS) is 10.6. The lowest BCUT2D eigenvalue weighted by Gasteiger charge is -1.91. The molecule has 56 valence electrons. The first kappa shape index (κ1) is 6.48. The third kappa shape index (κ3) is 0.932. The molecule has 1 N–H and O–H groups in total. The molecule has 0 spiro atoms. The maximum Gasteiger partial charge on any atom is 0.273 e. The molecule has 0 bridgehead atoms. The third-order valence-electron chi connectivity index (χ3n) is 1.37. The Morgan fingerprint density at radius 1 is 1.64 bits per heavy atom. The summed E-state index contributed by atoms with van der Waals surface area (Å²) in [6.45, 7) is 0. The highest BCUT2D eigenvalue weighted by atomic mass is 32.1. The Morgan fingerprint density at radius 2 is 2.45 bits per heavy atom. The number of hydrogen-bond acceptors (Lipinski definition) is 3. The molecule has 0 aliphatic heterocycles. The zero-order valence-corrected chi connectivity index (χ0v) is 6.38. The van der Waals surface area contributed by atoms with E-state index in [1.165, 1.54) is 10.6 Å². The molecule has 0 aliphatic carbocycles. The molecule has 0 radical (unpaired) electrons. The lowest BCUT2D eigenvalue weighted by Crippen LogP contribution is -2.13. The molecule has 0 aromatic carbocycles. The van der Waals surface area contributed by atoms with Crippen molar-refractivity contribution in [2.75, 3.05) is 0 Å². The summed E-state index contributed by atoms with van der Waals surface area (Å²) < 4.78 is 1.35. The van der Waals surface area contributed by atoms with Crippen LogP contribution < -0.4 is 5.56 Å². The van der Waals surface area contributed by atoms with Gasteiger partial charge in [-0.05, 0) is 0 Å². The fourth-order valence-electron chi connectivity index (χ4n) is 0.915. The molecule has 0 saturated carbocycles. The monoisotopic (exact) mass is 167 g/mol. The highest BCUT2D eigenvalue weighted by Crippen LogP contribution is 1.99. The van der Waals surface area contributed by atoms with Gasteiger partial charge in [-0.25, -0.2) is 9.50 Å². The summed E-state index contributed by atoms with van der Waals surface area (Å²) in [5.41, 5.74) is 0.438. The first-order valence-electron chi connectivity index (χ1n) is 3.03. The first-order chi connectivity index (χ1) is 5.27. The van der Waals surface area contributed by atoms with Crippen molar-refractivity contribution in [1.29, 1.82) is 0 Å². The SMILES string of the molecule is O=c1cc(S)nc2cc[nH]n12. The average molecular weight is 167 g/mol. The summed E-state index contributed by atoms with van der Waals surface area (Å²) in [5, 5.41) is 3.16. The van der Waals surface area contributed by atoms with Gasteiger partial charge in [0.25, 0.3) is 5.56 Å². The van der Waals surface area contributed by atoms with Crippen LogP contribution in [0.5, 0.6) is 0 Å². The topological polar surface area (TPSA) is 50.2 Å². The molecule has 0 unspecified atom stereocenters. The summed E-state index contributed by atoms with van der Waals surface area (Å²) in [6, 6.07) is 3.06. The van der Waals surface area contributed by atoms with Crippen LogP contribution >= 0.6 is 12.6 Å². The molecule has 2 rings (SSSR count). The van der Waals surface area contributed by atoms with Gasteiger partial charge in [0.15, 0.2) is 5.65 Å². The van der Waals surface area contributed by atoms with Gasteiger partial charge < -0.3 is 0 Å². The van der Waals surface area contributed by atoms with Gasteiger partial charge in [-0.1, -0.05) is 0 Å². The van der Waals surface area contributed by atoms with E-state index in [0.29, 0.717) is 10.7 Å². The van der Waals surface area contributed by atoms with Gasteiger partial charge in [0, 0.05) is 18.3 Å². The number of aromatic nitrogens is 3. The Labute approximate surface area is 67.3 Å². The molecule has 0 amide bonds. The molecular formula is C6H5N3OS. The van der Waals surface area contributed by atoms with E-state index < -0.39 is 0 Å². The largest absolute Gasteiger partial charge is 0.297 e. The molecular weight excluding hydrogens is 162 g/mol. The van der Waals surface area contributed by atoms with E-state index in [4.69, 9.17) is 0 Å². The lowest BCUT2D eigenvalue weighted by molar-refractivity contribution is 0.877. The molecule has 11 heavy (non-hydrogen) atoms. The molecule has 0 saturated heterocycles. The third-order valence-corrected chi connectivity index (χ3v) is 1.60. The highest BCUT2D eigenvalue weighted by Gasteiger charge is 1.97. The van der Waals surface area contributed by atoms with E-state index in [1.807, 2.05) is 0 Å². The van der Waals surface area contributed by atoms with Crippen LogP contribution in [-0.4, -0.2) is 14.6 Å². The number of rotatable bonds is 0. The smallest absolute Gasteiger partial charge is 0.273 e. The fraction of sp³-hybridized carbons (Fsp3) is 0. The Kier molecular flexibility index (Phi) is 1.25. The average Bonchev–Trinajstić information content (AvgIpc) is 2.34. The van der Waals surface area contributed by atoms with Gasteiger partial charge in [-0.3, -0.25) is 9.89 Å². The summed E-state index contributed by atoms with van der Waals surface area (Å²) in [5.74, 6) is 0. The highest BCUT2D eigenvalue weighted by molar-refractivity contribution is 7.80. The van der Waals surface area contributed by atoms with Crippen LogP contribution in [0.1, 0.15) is 0 Å². The van der Waals surface area contributed by atoms with Crippen molar-refractivity contribution in [2.24, 2.45) is 0 Å². The number of nitrogens with zero attached hydrogens (tertiary/aromatic N) is 2. The molecule has 2 aromatic rings. The van der Waals surface area contributed by atoms with E-state index in [-0.39, 0.29) is 5.56 Å².